The highest BCUT2D eigenvalue weighted by molar-refractivity contribution is 5.74. The van der Waals surface area contributed by atoms with Crippen LogP contribution in [0, 0.1) is 0 Å². The Labute approximate surface area is 118 Å². The van der Waals surface area contributed by atoms with E-state index in [1.165, 1.54) is 32.4 Å². The first-order valence-corrected chi connectivity index (χ1v) is 7.56. The number of rotatable bonds is 2. The van der Waals surface area contributed by atoms with Crippen LogP contribution in [0.3, 0.4) is 0 Å². The SMILES string of the molecule is C(N1CCCC1n1nnc2ccccc21)=[N+]1CCCC1. The average molecular weight is 270 g/mol. The second-order valence-corrected chi connectivity index (χ2v) is 5.74. The molecule has 0 radical (unpaired) electrons. The molecule has 2 saturated heterocycles. The zero-order chi connectivity index (χ0) is 13.4. The summed E-state index contributed by atoms with van der Waals surface area (Å²) in [6.45, 7) is 3.51. The van der Waals surface area contributed by atoms with Crippen molar-refractivity contribution in [3.05, 3.63) is 24.3 Å². The van der Waals surface area contributed by atoms with Gasteiger partial charge in [0.1, 0.15) is 5.52 Å². The summed E-state index contributed by atoms with van der Waals surface area (Å²) >= 11 is 0. The zero-order valence-electron chi connectivity index (χ0n) is 11.6. The molecule has 5 heteroatoms. The predicted molar refractivity (Wildman–Crippen MR) is 77.8 cm³/mol. The van der Waals surface area contributed by atoms with Crippen molar-refractivity contribution in [1.29, 1.82) is 0 Å². The molecule has 2 aromatic rings. The average Bonchev–Trinajstić information content (AvgIpc) is 3.19. The molecule has 0 saturated carbocycles. The van der Waals surface area contributed by atoms with Crippen molar-refractivity contribution in [3.63, 3.8) is 0 Å². The van der Waals surface area contributed by atoms with Gasteiger partial charge in [0.15, 0.2) is 6.17 Å². The molecular formula is C15H20N5+. The summed E-state index contributed by atoms with van der Waals surface area (Å²) in [5.41, 5.74) is 2.12. The monoisotopic (exact) mass is 270 g/mol. The van der Waals surface area contributed by atoms with Gasteiger partial charge >= 0.3 is 0 Å². The Morgan fingerprint density at radius 1 is 1.15 bits per heavy atom. The molecule has 1 aromatic heterocycles. The van der Waals surface area contributed by atoms with Crippen molar-refractivity contribution < 1.29 is 4.58 Å². The molecule has 3 heterocycles. The molecule has 0 N–H and O–H groups in total. The molecule has 20 heavy (non-hydrogen) atoms. The third kappa shape index (κ3) is 1.97. The maximum absolute atomic E-state index is 4.39. The molecular weight excluding hydrogens is 250 g/mol. The Kier molecular flexibility index (Phi) is 2.90. The Balaban J connectivity index is 1.68. The third-order valence-corrected chi connectivity index (χ3v) is 4.37. The van der Waals surface area contributed by atoms with Crippen LogP contribution in [0.2, 0.25) is 0 Å². The first kappa shape index (κ1) is 11.9. The van der Waals surface area contributed by atoms with Gasteiger partial charge in [-0.1, -0.05) is 17.3 Å². The van der Waals surface area contributed by atoms with E-state index in [0.29, 0.717) is 6.17 Å². The van der Waals surface area contributed by atoms with Crippen LogP contribution < -0.4 is 0 Å². The van der Waals surface area contributed by atoms with Crippen LogP contribution in [-0.4, -0.2) is 50.4 Å². The van der Waals surface area contributed by atoms with Gasteiger partial charge < -0.3 is 0 Å². The fraction of sp³-hybridized carbons (Fsp3) is 0.533. The maximum atomic E-state index is 4.39. The van der Waals surface area contributed by atoms with Crippen molar-refractivity contribution in [2.45, 2.75) is 31.8 Å². The standard InChI is InChI=1S/C15H20N5/c1-2-7-14-13(6-1)16-17-20(14)15-8-5-11-19(15)12-18-9-3-4-10-18/h1-2,6-7,12,15H,3-5,8-11H2/q+1. The van der Waals surface area contributed by atoms with Crippen LogP contribution in [0.5, 0.6) is 0 Å². The lowest BCUT2D eigenvalue weighted by Crippen LogP contribution is -2.31. The highest BCUT2D eigenvalue weighted by atomic mass is 15.5. The largest absolute Gasteiger partial charge is 0.268 e. The van der Waals surface area contributed by atoms with Gasteiger partial charge in [0.05, 0.1) is 25.2 Å². The lowest BCUT2D eigenvalue weighted by molar-refractivity contribution is -0.506. The maximum Gasteiger partial charge on any atom is 0.235 e. The third-order valence-electron chi connectivity index (χ3n) is 4.37. The highest BCUT2D eigenvalue weighted by Gasteiger charge is 2.32. The van der Waals surface area contributed by atoms with Gasteiger partial charge in [0.2, 0.25) is 6.34 Å². The number of likely N-dealkylation sites (tertiary alicyclic amines) is 1. The minimum absolute atomic E-state index is 0.322. The first-order chi connectivity index (χ1) is 9.92. The Morgan fingerprint density at radius 3 is 2.90 bits per heavy atom. The van der Waals surface area contributed by atoms with Crippen LogP contribution in [0.1, 0.15) is 31.8 Å². The number of hydrogen-bond donors (Lipinski definition) is 0. The summed E-state index contributed by atoms with van der Waals surface area (Å²) in [6.07, 6.45) is 7.66. The molecule has 0 bridgehead atoms. The van der Waals surface area contributed by atoms with E-state index in [4.69, 9.17) is 0 Å². The smallest absolute Gasteiger partial charge is 0.235 e. The molecule has 2 aliphatic rings. The topological polar surface area (TPSA) is 37.0 Å². The number of fused-ring (bicyclic) bond motifs is 1. The van der Waals surface area contributed by atoms with E-state index in [0.717, 1.165) is 24.0 Å². The molecule has 1 aromatic carbocycles. The normalized spacial score (nSPS) is 22.9. The Hall–Kier alpha value is -1.91. The number of para-hydroxylation sites is 1. The molecule has 1 atom stereocenters. The van der Waals surface area contributed by atoms with Crippen molar-refractivity contribution in [3.8, 4) is 0 Å². The quantitative estimate of drug-likeness (QED) is 0.617. The fourth-order valence-corrected chi connectivity index (χ4v) is 3.34. The zero-order valence-corrected chi connectivity index (χ0v) is 11.6. The lowest BCUT2D eigenvalue weighted by Gasteiger charge is -2.17. The Bertz CT molecular complexity index is 637. The summed E-state index contributed by atoms with van der Waals surface area (Å²) < 4.78 is 4.53. The molecule has 4 rings (SSSR count). The number of hydrogen-bond acceptors (Lipinski definition) is 2. The van der Waals surface area contributed by atoms with Crippen molar-refractivity contribution in [1.82, 2.24) is 19.9 Å². The van der Waals surface area contributed by atoms with Gasteiger partial charge in [-0.2, -0.15) is 0 Å². The molecule has 1 unspecified atom stereocenters. The molecule has 104 valence electrons. The predicted octanol–water partition coefficient (Wildman–Crippen LogP) is 1.86. The first-order valence-electron chi connectivity index (χ1n) is 7.56. The van der Waals surface area contributed by atoms with Gasteiger partial charge in [0.25, 0.3) is 0 Å². The van der Waals surface area contributed by atoms with Crippen LogP contribution in [0.4, 0.5) is 0 Å². The summed E-state index contributed by atoms with van der Waals surface area (Å²) in [4.78, 5) is 2.44. The van der Waals surface area contributed by atoms with Crippen LogP contribution in [0.25, 0.3) is 11.0 Å². The number of nitrogens with zero attached hydrogens (tertiary/aromatic N) is 5. The Morgan fingerprint density at radius 2 is 2.00 bits per heavy atom. The number of aromatic nitrogens is 3. The lowest BCUT2D eigenvalue weighted by atomic mass is 10.3. The van der Waals surface area contributed by atoms with E-state index in [9.17, 15) is 0 Å². The molecule has 2 fully saturated rings. The van der Waals surface area contributed by atoms with E-state index in [2.05, 4.69) is 42.9 Å². The molecule has 0 spiro atoms. The molecule has 0 amide bonds. The van der Waals surface area contributed by atoms with Crippen molar-refractivity contribution in [2.75, 3.05) is 19.6 Å². The summed E-state index contributed by atoms with van der Waals surface area (Å²) in [7, 11) is 0. The molecule has 2 aliphatic heterocycles. The van der Waals surface area contributed by atoms with E-state index < -0.39 is 0 Å². The summed E-state index contributed by atoms with van der Waals surface area (Å²) in [5, 5.41) is 8.68. The second-order valence-electron chi connectivity index (χ2n) is 5.74. The highest BCUT2D eigenvalue weighted by Crippen LogP contribution is 2.27. The second kappa shape index (κ2) is 4.89. The van der Waals surface area contributed by atoms with Gasteiger partial charge in [-0.15, -0.1) is 5.10 Å². The van der Waals surface area contributed by atoms with Gasteiger partial charge in [-0.3, -0.25) is 4.58 Å². The fourth-order valence-electron chi connectivity index (χ4n) is 3.34. The minimum atomic E-state index is 0.322. The van der Waals surface area contributed by atoms with E-state index >= 15 is 0 Å². The van der Waals surface area contributed by atoms with E-state index in [1.807, 2.05) is 12.1 Å². The molecule has 5 nitrogen and oxygen atoms in total. The van der Waals surface area contributed by atoms with Gasteiger partial charge in [0, 0.05) is 6.42 Å². The summed E-state index contributed by atoms with van der Waals surface area (Å²) in [6, 6.07) is 8.22. The van der Waals surface area contributed by atoms with Crippen LogP contribution in [-0.2, 0) is 0 Å². The van der Waals surface area contributed by atoms with Crippen LogP contribution >= 0.6 is 0 Å². The van der Waals surface area contributed by atoms with Crippen molar-refractivity contribution in [2.24, 2.45) is 0 Å². The number of benzene rings is 1. The summed E-state index contributed by atoms with van der Waals surface area (Å²) in [5.74, 6) is 0. The minimum Gasteiger partial charge on any atom is -0.268 e. The van der Waals surface area contributed by atoms with E-state index in [1.54, 1.807) is 0 Å². The van der Waals surface area contributed by atoms with E-state index in [-0.39, 0.29) is 0 Å². The van der Waals surface area contributed by atoms with Crippen LogP contribution in [0.15, 0.2) is 24.3 Å². The van der Waals surface area contributed by atoms with Gasteiger partial charge in [-0.25, -0.2) is 9.58 Å². The van der Waals surface area contributed by atoms with Crippen molar-refractivity contribution >= 4 is 17.4 Å². The molecule has 0 aliphatic carbocycles. The van der Waals surface area contributed by atoms with Gasteiger partial charge in [-0.05, 0) is 31.4 Å².